The first-order valence-electron chi connectivity index (χ1n) is 25.8. The van der Waals surface area contributed by atoms with Crippen molar-refractivity contribution < 1.29 is 31.5 Å². The zero-order valence-electron chi connectivity index (χ0n) is 44.0. The maximum Gasteiger partial charge on any atom is 0.157 e. The van der Waals surface area contributed by atoms with Gasteiger partial charge in [0, 0.05) is 38.6 Å². The molecule has 3 atom stereocenters. The number of nitrogens with zero attached hydrogens (tertiary/aromatic N) is 2. The Kier molecular flexibility index (Phi) is 19.8. The highest BCUT2D eigenvalue weighted by atomic mass is 32.2. The summed E-state index contributed by atoms with van der Waals surface area (Å²) >= 11 is 0. The van der Waals surface area contributed by atoms with Crippen LogP contribution in [0, 0.1) is 0 Å². The Morgan fingerprint density at radius 1 is 0.507 bits per heavy atom. The Bertz CT molecular complexity index is 2600. The van der Waals surface area contributed by atoms with Gasteiger partial charge in [-0.25, -0.2) is 16.8 Å². The zero-order chi connectivity index (χ0) is 52.8. The van der Waals surface area contributed by atoms with Crippen LogP contribution in [-0.4, -0.2) is 104 Å². The number of rotatable bonds is 12. The number of carbonyl (C=O) groups is 1. The lowest BCUT2D eigenvalue weighted by atomic mass is 9.75. The van der Waals surface area contributed by atoms with Crippen LogP contribution in [0.5, 0.6) is 0 Å². The Morgan fingerprint density at radius 3 is 1.08 bits per heavy atom. The Balaban J connectivity index is 0.000000195. The highest BCUT2D eigenvalue weighted by molar-refractivity contribution is 7.92. The van der Waals surface area contributed by atoms with Crippen molar-refractivity contribution >= 4 is 26.0 Å². The average Bonchev–Trinajstić information content (AvgIpc) is 4.22. The van der Waals surface area contributed by atoms with E-state index < -0.39 is 46.4 Å². The summed E-state index contributed by atoms with van der Waals surface area (Å²) in [6, 6.07) is 62.5. The summed E-state index contributed by atoms with van der Waals surface area (Å²) in [6.07, 6.45) is 7.53. The van der Waals surface area contributed by atoms with Crippen molar-refractivity contribution in [3.05, 3.63) is 215 Å². The Labute approximate surface area is 437 Å². The van der Waals surface area contributed by atoms with Crippen LogP contribution in [0.3, 0.4) is 0 Å². The minimum absolute atomic E-state index is 0.0735. The molecule has 11 heteroatoms. The highest BCUT2D eigenvalue weighted by Gasteiger charge is 2.50. The van der Waals surface area contributed by atoms with Gasteiger partial charge in [0.25, 0.3) is 0 Å². The molecule has 9 rings (SSSR count). The molecule has 1 N–H and O–H groups in total. The third-order valence-electron chi connectivity index (χ3n) is 14.5. The molecule has 0 unspecified atom stereocenters. The van der Waals surface area contributed by atoms with Crippen molar-refractivity contribution in [2.24, 2.45) is 0 Å². The summed E-state index contributed by atoms with van der Waals surface area (Å²) in [5.74, 6) is -0.244. The molecular formula is C62H78N2O7S2. The van der Waals surface area contributed by atoms with Gasteiger partial charge in [-0.1, -0.05) is 182 Å². The van der Waals surface area contributed by atoms with Crippen LogP contribution < -0.4 is 0 Å². The maximum absolute atomic E-state index is 13.0. The molecule has 0 bridgehead atoms. The van der Waals surface area contributed by atoms with Crippen molar-refractivity contribution in [2.75, 3.05) is 38.3 Å². The van der Waals surface area contributed by atoms with Crippen LogP contribution in [0.2, 0.25) is 0 Å². The number of aliphatic hydroxyl groups is 1. The molecule has 3 heterocycles. The number of benzene rings is 6. The molecule has 0 amide bonds. The van der Waals surface area contributed by atoms with Gasteiger partial charge in [0.1, 0.15) is 6.29 Å². The first-order valence-corrected chi connectivity index (χ1v) is 29.3. The van der Waals surface area contributed by atoms with Gasteiger partial charge in [-0.3, -0.25) is 9.80 Å². The molecule has 3 aliphatic rings. The van der Waals surface area contributed by atoms with E-state index in [2.05, 4.69) is 119 Å². The smallest absolute Gasteiger partial charge is 0.157 e. The third kappa shape index (κ3) is 13.3. The molecule has 3 saturated heterocycles. The largest absolute Gasteiger partial charge is 0.390 e. The van der Waals surface area contributed by atoms with Gasteiger partial charge >= 0.3 is 0 Å². The first-order chi connectivity index (χ1) is 34.8. The number of hydrogen-bond acceptors (Lipinski definition) is 9. The normalized spacial score (nSPS) is 18.2. The molecule has 6 aromatic rings. The lowest BCUT2D eigenvalue weighted by Crippen LogP contribution is -2.55. The molecule has 0 saturated carbocycles. The number of aliphatic hydroxyl groups excluding tert-OH is 1. The highest BCUT2D eigenvalue weighted by Crippen LogP contribution is 2.48. The summed E-state index contributed by atoms with van der Waals surface area (Å²) < 4.78 is 50.8. The summed E-state index contributed by atoms with van der Waals surface area (Å²) in [7, 11) is -6.31. The first kappa shape index (κ1) is 57.0. The molecule has 73 heavy (non-hydrogen) atoms. The molecule has 9 nitrogen and oxygen atoms in total. The number of carbonyl (C=O) groups excluding carboxylic acids is 1. The van der Waals surface area contributed by atoms with Gasteiger partial charge in [0.2, 0.25) is 0 Å². The van der Waals surface area contributed by atoms with Crippen LogP contribution in [0.25, 0.3) is 0 Å². The summed E-state index contributed by atoms with van der Waals surface area (Å²) in [4.78, 5) is 16.6. The molecule has 0 aromatic heterocycles. The minimum Gasteiger partial charge on any atom is -0.390 e. The van der Waals surface area contributed by atoms with Crippen LogP contribution in [0.4, 0.5) is 0 Å². The van der Waals surface area contributed by atoms with Crippen LogP contribution in [0.1, 0.15) is 113 Å². The molecule has 6 aromatic carbocycles. The van der Waals surface area contributed by atoms with Gasteiger partial charge in [-0.15, -0.1) is 0 Å². The number of ether oxygens (including phenoxy) is 1. The summed E-state index contributed by atoms with van der Waals surface area (Å²) in [5.41, 5.74) is 5.78. The van der Waals surface area contributed by atoms with Crippen LogP contribution in [0.15, 0.2) is 182 Å². The zero-order valence-corrected chi connectivity index (χ0v) is 45.6. The SMILES string of the molecule is C1CCOC1.CC(C)(C)S(=O)(=O)C[C@@H](O)[C@@H]1CCCN1C(c1ccccc1)(c1ccccc1)c1ccccc1.CC(C)(C)S(C)(=O)=O.O=C[C@@H]1CCCN1C(c1ccccc1)(c1ccccc1)c1ccccc1. The fraction of sp³-hybridized carbons (Fsp3) is 0.403. The second-order valence-corrected chi connectivity index (χ2v) is 26.8. The van der Waals surface area contributed by atoms with E-state index in [0.717, 1.165) is 75.0 Å². The van der Waals surface area contributed by atoms with E-state index in [9.17, 15) is 26.7 Å². The van der Waals surface area contributed by atoms with E-state index in [4.69, 9.17) is 4.74 Å². The van der Waals surface area contributed by atoms with Crippen LogP contribution in [-0.2, 0) is 40.3 Å². The van der Waals surface area contributed by atoms with Gasteiger partial charge < -0.3 is 14.6 Å². The molecule has 3 fully saturated rings. The quantitative estimate of drug-likeness (QED) is 0.0943. The van der Waals surface area contributed by atoms with E-state index in [1.807, 2.05) is 72.8 Å². The number of hydrogen-bond donors (Lipinski definition) is 1. The summed E-state index contributed by atoms with van der Waals surface area (Å²) in [6.45, 7) is 13.8. The molecular weight excluding hydrogens is 949 g/mol. The van der Waals surface area contributed by atoms with Crippen molar-refractivity contribution in [3.8, 4) is 0 Å². The lowest BCUT2D eigenvalue weighted by molar-refractivity contribution is -0.112. The third-order valence-corrected chi connectivity index (χ3v) is 19.3. The Morgan fingerprint density at radius 2 is 0.808 bits per heavy atom. The van der Waals surface area contributed by atoms with Gasteiger partial charge in [-0.05, 0) is 113 Å². The van der Waals surface area contributed by atoms with Crippen LogP contribution >= 0.6 is 0 Å². The van der Waals surface area contributed by atoms with E-state index >= 15 is 0 Å². The maximum atomic E-state index is 13.0. The van der Waals surface area contributed by atoms with Crippen molar-refractivity contribution in [3.63, 3.8) is 0 Å². The van der Waals surface area contributed by atoms with Crippen molar-refractivity contribution in [1.82, 2.24) is 9.80 Å². The predicted octanol–water partition coefficient (Wildman–Crippen LogP) is 11.3. The fourth-order valence-electron chi connectivity index (χ4n) is 10.1. The number of likely N-dealkylation sites (tertiary alicyclic amines) is 2. The predicted molar refractivity (Wildman–Crippen MR) is 298 cm³/mol. The summed E-state index contributed by atoms with van der Waals surface area (Å²) in [5, 5.41) is 11.4. The monoisotopic (exact) mass is 1030 g/mol. The standard InChI is InChI=1S/C29H35NO3S.C24H23NO.C5H12O2S.C4H8O/c1-28(2,3)34(32,33)22-27(31)26-20-13-21-30(26)29(23-14-7-4-8-15-23,24-16-9-5-10-17-24)25-18-11-6-12-19-25;26-19-23-17-10-18-25(23)24(20-11-4-1-5-12-20,21-13-6-2-7-14-21)22-15-8-3-9-16-22;1-5(2,3)8(4,6)7;1-2-4-5-3-1/h4-12,14-19,26-27,31H,13,20-22H2,1-3H3;1-9,11-16,19,23H,10,17-18H2;1-4H3;1-4H2/t26-,27+;23-;;/m00../s1. The Hall–Kier alpha value is -5.27. The number of aldehydes is 1. The second kappa shape index (κ2) is 25.3. The molecule has 0 aliphatic carbocycles. The van der Waals surface area contributed by atoms with E-state index in [0.29, 0.717) is 0 Å². The van der Waals surface area contributed by atoms with Crippen molar-refractivity contribution in [1.29, 1.82) is 0 Å². The molecule has 0 radical (unpaired) electrons. The van der Waals surface area contributed by atoms with Gasteiger partial charge in [0.15, 0.2) is 19.7 Å². The van der Waals surface area contributed by atoms with Gasteiger partial charge in [-0.2, -0.15) is 0 Å². The fourth-order valence-corrected chi connectivity index (χ4v) is 11.3. The van der Waals surface area contributed by atoms with E-state index in [1.165, 1.54) is 35.8 Å². The molecule has 3 aliphatic heterocycles. The van der Waals surface area contributed by atoms with E-state index in [-0.39, 0.29) is 17.8 Å². The number of sulfone groups is 2. The second-order valence-electron chi connectivity index (χ2n) is 21.2. The van der Waals surface area contributed by atoms with Gasteiger partial charge in [0.05, 0.1) is 38.5 Å². The topological polar surface area (TPSA) is 121 Å². The molecule has 0 spiro atoms. The minimum atomic E-state index is -3.47. The lowest BCUT2D eigenvalue weighted by Gasteiger charge is -2.47. The van der Waals surface area contributed by atoms with Crippen molar-refractivity contribution in [2.45, 2.75) is 119 Å². The molecule has 390 valence electrons. The average molecular weight is 1030 g/mol. The van der Waals surface area contributed by atoms with E-state index in [1.54, 1.807) is 41.5 Å².